The fraction of sp³-hybridized carbons (Fsp3) is 0.381. The molecule has 2 aromatic rings. The minimum atomic E-state index is -3.73. The molecule has 31 heavy (non-hydrogen) atoms. The molecule has 0 unspecified atom stereocenters. The molecule has 1 heterocycles. The fourth-order valence-corrected chi connectivity index (χ4v) is 5.08. The van der Waals surface area contributed by atoms with Crippen LogP contribution in [-0.2, 0) is 26.0 Å². The van der Waals surface area contributed by atoms with Gasteiger partial charge in [-0.25, -0.2) is 8.42 Å². The molecule has 0 aromatic heterocycles. The van der Waals surface area contributed by atoms with E-state index in [0.29, 0.717) is 34.6 Å². The van der Waals surface area contributed by atoms with E-state index in [0.717, 1.165) is 0 Å². The second-order valence-electron chi connectivity index (χ2n) is 7.27. The van der Waals surface area contributed by atoms with Crippen molar-refractivity contribution in [2.75, 3.05) is 31.6 Å². The Hall–Kier alpha value is -1.84. The van der Waals surface area contributed by atoms with Crippen molar-refractivity contribution in [1.82, 2.24) is 4.31 Å². The van der Waals surface area contributed by atoms with Gasteiger partial charge in [-0.05, 0) is 49.7 Å². The van der Waals surface area contributed by atoms with Crippen LogP contribution in [0.1, 0.15) is 19.4 Å². The number of benzene rings is 2. The van der Waals surface area contributed by atoms with E-state index in [4.69, 9.17) is 32.7 Å². The minimum absolute atomic E-state index is 0.0663. The van der Waals surface area contributed by atoms with Gasteiger partial charge in [-0.15, -0.1) is 0 Å². The van der Waals surface area contributed by atoms with Gasteiger partial charge in [-0.3, -0.25) is 4.79 Å². The monoisotopic (exact) mass is 486 g/mol. The first-order valence-corrected chi connectivity index (χ1v) is 12.0. The summed E-state index contributed by atoms with van der Waals surface area (Å²) in [4.78, 5) is 12.8. The number of hydrogen-bond donors (Lipinski definition) is 1. The van der Waals surface area contributed by atoms with E-state index in [1.165, 1.54) is 16.4 Å². The van der Waals surface area contributed by atoms with Gasteiger partial charge in [0.05, 0.1) is 36.3 Å². The van der Waals surface area contributed by atoms with E-state index in [9.17, 15) is 13.2 Å². The molecule has 1 saturated heterocycles. The maximum absolute atomic E-state index is 13.0. The van der Waals surface area contributed by atoms with E-state index in [2.05, 4.69) is 5.32 Å². The van der Waals surface area contributed by atoms with Crippen LogP contribution in [0.25, 0.3) is 0 Å². The molecular weight excluding hydrogens is 463 g/mol. The molecule has 1 fully saturated rings. The summed E-state index contributed by atoms with van der Waals surface area (Å²) in [5.41, 5.74) is 0.753. The predicted octanol–water partition coefficient (Wildman–Crippen LogP) is 3.98. The van der Waals surface area contributed by atoms with Gasteiger partial charge in [-0.2, -0.15) is 4.31 Å². The zero-order valence-electron chi connectivity index (χ0n) is 17.2. The van der Waals surface area contributed by atoms with Gasteiger partial charge in [-0.1, -0.05) is 29.3 Å². The molecular formula is C21H24Cl2N2O5S. The van der Waals surface area contributed by atoms with Gasteiger partial charge < -0.3 is 14.8 Å². The molecule has 0 radical (unpaired) electrons. The molecule has 10 heteroatoms. The first kappa shape index (κ1) is 23.8. The summed E-state index contributed by atoms with van der Waals surface area (Å²) in [6.45, 7) is 4.92. The highest BCUT2D eigenvalue weighted by atomic mass is 35.5. The van der Waals surface area contributed by atoms with Crippen LogP contribution in [0, 0.1) is 0 Å². The molecule has 1 amide bonds. The molecule has 7 nitrogen and oxygen atoms in total. The largest absolute Gasteiger partial charge is 0.489 e. The molecule has 2 aromatic carbocycles. The lowest BCUT2D eigenvalue weighted by Gasteiger charge is -2.26. The Balaban J connectivity index is 1.89. The number of nitrogens with one attached hydrogen (secondary N) is 1. The highest BCUT2D eigenvalue weighted by Crippen LogP contribution is 2.31. The van der Waals surface area contributed by atoms with E-state index in [1.54, 1.807) is 24.3 Å². The van der Waals surface area contributed by atoms with Crippen LogP contribution in [0.4, 0.5) is 5.69 Å². The van der Waals surface area contributed by atoms with Gasteiger partial charge in [0.2, 0.25) is 15.9 Å². The smallest absolute Gasteiger partial charge is 0.243 e. The Morgan fingerprint density at radius 3 is 2.42 bits per heavy atom. The van der Waals surface area contributed by atoms with Crippen LogP contribution >= 0.6 is 23.2 Å². The van der Waals surface area contributed by atoms with Crippen molar-refractivity contribution in [2.24, 2.45) is 0 Å². The molecule has 0 atom stereocenters. The molecule has 3 rings (SSSR count). The summed E-state index contributed by atoms with van der Waals surface area (Å²) in [7, 11) is -3.73. The normalized spacial score (nSPS) is 15.1. The maximum atomic E-state index is 13.0. The van der Waals surface area contributed by atoms with E-state index in [1.807, 2.05) is 13.8 Å². The molecule has 0 bridgehead atoms. The molecule has 1 N–H and O–H groups in total. The lowest BCUT2D eigenvalue weighted by Crippen LogP contribution is -2.40. The third-order valence-electron chi connectivity index (χ3n) is 4.59. The summed E-state index contributed by atoms with van der Waals surface area (Å²) >= 11 is 12.3. The number of amides is 1. The lowest BCUT2D eigenvalue weighted by atomic mass is 10.1. The zero-order valence-corrected chi connectivity index (χ0v) is 19.6. The van der Waals surface area contributed by atoms with Gasteiger partial charge in [0, 0.05) is 23.1 Å². The third-order valence-corrected chi connectivity index (χ3v) is 7.20. The quantitative estimate of drug-likeness (QED) is 0.639. The molecule has 1 aliphatic heterocycles. The first-order chi connectivity index (χ1) is 14.7. The Morgan fingerprint density at radius 2 is 1.81 bits per heavy atom. The summed E-state index contributed by atoms with van der Waals surface area (Å²) in [6.07, 6.45) is -0.240. The van der Waals surface area contributed by atoms with E-state index >= 15 is 0 Å². The number of carbonyl (C=O) groups excluding carboxylic acids is 1. The highest BCUT2D eigenvalue weighted by Gasteiger charge is 2.27. The first-order valence-electron chi connectivity index (χ1n) is 9.80. The van der Waals surface area contributed by atoms with Crippen molar-refractivity contribution in [3.63, 3.8) is 0 Å². The summed E-state index contributed by atoms with van der Waals surface area (Å²) in [6, 6.07) is 9.43. The van der Waals surface area contributed by atoms with Crippen LogP contribution in [-0.4, -0.2) is 51.0 Å². The number of nitrogens with zero attached hydrogens (tertiary/aromatic N) is 1. The van der Waals surface area contributed by atoms with Crippen molar-refractivity contribution in [2.45, 2.75) is 31.3 Å². The molecule has 168 valence electrons. The zero-order chi connectivity index (χ0) is 22.6. The van der Waals surface area contributed by atoms with Gasteiger partial charge in [0.25, 0.3) is 0 Å². The summed E-state index contributed by atoms with van der Waals surface area (Å²) in [5.74, 6) is -0.0286. The SMILES string of the molecule is CC(C)Oc1ccc(S(=O)(=O)N2CCOCC2)cc1NC(=O)Cc1c(Cl)cccc1Cl. The number of halogens is 2. The standard InChI is InChI=1S/C21H24Cl2N2O5S/c1-14(2)30-20-7-6-15(31(27,28)25-8-10-29-11-9-25)12-19(20)24-21(26)13-16-17(22)4-3-5-18(16)23/h3-7,12,14H,8-11,13H2,1-2H3,(H,24,26). The number of rotatable bonds is 7. The van der Waals surface area contributed by atoms with Crippen LogP contribution < -0.4 is 10.1 Å². The summed E-state index contributed by atoms with van der Waals surface area (Å²) < 4.78 is 38.4. The average Bonchev–Trinajstić information content (AvgIpc) is 2.72. The fourth-order valence-electron chi connectivity index (χ4n) is 3.12. The number of hydrogen-bond acceptors (Lipinski definition) is 5. The van der Waals surface area contributed by atoms with Gasteiger partial charge in [0.1, 0.15) is 5.75 Å². The number of carbonyl (C=O) groups is 1. The topological polar surface area (TPSA) is 84.9 Å². The second-order valence-corrected chi connectivity index (χ2v) is 10.0. The van der Waals surface area contributed by atoms with E-state index < -0.39 is 15.9 Å². The molecule has 0 aliphatic carbocycles. The Labute approximate surface area is 192 Å². The number of sulfonamides is 1. The maximum Gasteiger partial charge on any atom is 0.243 e. The number of morpholine rings is 1. The molecule has 0 spiro atoms. The summed E-state index contributed by atoms with van der Waals surface area (Å²) in [5, 5.41) is 3.50. The third kappa shape index (κ3) is 5.90. The van der Waals surface area contributed by atoms with Crippen LogP contribution in [0.2, 0.25) is 10.0 Å². The van der Waals surface area contributed by atoms with Crippen molar-refractivity contribution in [3.8, 4) is 5.75 Å². The van der Waals surface area contributed by atoms with Crippen molar-refractivity contribution >= 4 is 44.8 Å². The predicted molar refractivity (Wildman–Crippen MR) is 121 cm³/mol. The number of anilines is 1. The average molecular weight is 487 g/mol. The van der Waals surface area contributed by atoms with Crippen LogP contribution in [0.15, 0.2) is 41.3 Å². The Kier molecular flexibility index (Phi) is 7.82. The van der Waals surface area contributed by atoms with Crippen molar-refractivity contribution < 1.29 is 22.7 Å². The Bertz CT molecular complexity index is 1030. The number of ether oxygens (including phenoxy) is 2. The molecule has 0 saturated carbocycles. The second kappa shape index (κ2) is 10.2. The van der Waals surface area contributed by atoms with Crippen LogP contribution in [0.5, 0.6) is 5.75 Å². The van der Waals surface area contributed by atoms with Crippen molar-refractivity contribution in [1.29, 1.82) is 0 Å². The van der Waals surface area contributed by atoms with Crippen molar-refractivity contribution in [3.05, 3.63) is 52.0 Å². The highest BCUT2D eigenvalue weighted by molar-refractivity contribution is 7.89. The Morgan fingerprint density at radius 1 is 1.16 bits per heavy atom. The lowest BCUT2D eigenvalue weighted by molar-refractivity contribution is -0.115. The van der Waals surface area contributed by atoms with Gasteiger partial charge in [0.15, 0.2) is 0 Å². The molecule has 1 aliphatic rings. The van der Waals surface area contributed by atoms with Gasteiger partial charge >= 0.3 is 0 Å². The van der Waals surface area contributed by atoms with Crippen LogP contribution in [0.3, 0.4) is 0 Å². The van der Waals surface area contributed by atoms with E-state index in [-0.39, 0.29) is 36.2 Å². The minimum Gasteiger partial charge on any atom is -0.489 e.